The largest absolute Gasteiger partial charge is 0.336 e. The summed E-state index contributed by atoms with van der Waals surface area (Å²) in [5.41, 5.74) is 3.86. The molecule has 1 fully saturated rings. The van der Waals surface area contributed by atoms with Crippen molar-refractivity contribution in [3.63, 3.8) is 0 Å². The fourth-order valence-corrected chi connectivity index (χ4v) is 5.99. The van der Waals surface area contributed by atoms with E-state index < -0.39 is 15.1 Å². The van der Waals surface area contributed by atoms with Crippen LogP contribution in [-0.2, 0) is 13.1 Å². The lowest BCUT2D eigenvalue weighted by atomic mass is 9.96. The van der Waals surface area contributed by atoms with Crippen molar-refractivity contribution in [2.75, 3.05) is 11.9 Å². The molecule has 9 nitrogen and oxygen atoms in total. The zero-order chi connectivity index (χ0) is 28.3. The van der Waals surface area contributed by atoms with Gasteiger partial charge >= 0.3 is 10.2 Å². The maximum atomic E-state index is 13.2. The van der Waals surface area contributed by atoms with Gasteiger partial charge in [0.1, 0.15) is 10.4 Å². The molecule has 4 aromatic rings. The van der Waals surface area contributed by atoms with Crippen molar-refractivity contribution >= 4 is 38.8 Å². The Hall–Kier alpha value is -3.85. The molecule has 1 saturated heterocycles. The summed E-state index contributed by atoms with van der Waals surface area (Å²) >= 11 is 0. The van der Waals surface area contributed by atoms with E-state index in [4.69, 9.17) is 0 Å². The van der Waals surface area contributed by atoms with Gasteiger partial charge < -0.3 is 10.2 Å². The fourth-order valence-electron chi connectivity index (χ4n) is 5.34. The van der Waals surface area contributed by atoms with Gasteiger partial charge in [-0.25, -0.2) is 9.97 Å². The van der Waals surface area contributed by atoms with Crippen molar-refractivity contribution in [1.29, 1.82) is 0 Å². The van der Waals surface area contributed by atoms with Crippen LogP contribution in [0, 0.1) is 0 Å². The lowest BCUT2D eigenvalue weighted by Gasteiger charge is -2.41. The molecule has 0 spiro atoms. The molecular formula is C25H25F5N8OS. The van der Waals surface area contributed by atoms with Gasteiger partial charge in [-0.1, -0.05) is 24.6 Å². The van der Waals surface area contributed by atoms with E-state index in [0.717, 1.165) is 41.7 Å². The molecule has 15 heteroatoms. The summed E-state index contributed by atoms with van der Waals surface area (Å²) in [6, 6.07) is 8.10. The second kappa shape index (κ2) is 8.57. The summed E-state index contributed by atoms with van der Waals surface area (Å²) in [5.74, 6) is 0.120. The maximum absolute atomic E-state index is 13.2. The Bertz CT molecular complexity index is 1610. The standard InChI is InChI=1S/C25H25F5N8OS/c1-15-10-19(8-9-38(15)24(39)16-2-7-21-22(11-16)35-36-34-21)37-13-17-12-31-25(33-23(17)14-37)32-18-3-5-20(6-4-18)40(26,27,28,29)30/h2-7,11-12,15,19H,8-10,13-14H2,1H3,(H,31,32,33)(H,34,35,36)/t15-,19-/m1/s1. The number of nitrogens with zero attached hydrogens (tertiary/aromatic N) is 6. The third kappa shape index (κ3) is 5.18. The molecule has 0 aliphatic carbocycles. The molecule has 2 aromatic heterocycles. The highest BCUT2D eigenvalue weighted by Crippen LogP contribution is 3.02. The minimum Gasteiger partial charge on any atom is -0.336 e. The molecule has 0 bridgehead atoms. The topological polar surface area (TPSA) is 103 Å². The number of nitrogens with one attached hydrogen (secondary N) is 2. The van der Waals surface area contributed by atoms with Crippen LogP contribution in [0.1, 0.15) is 41.4 Å². The predicted octanol–water partition coefficient (Wildman–Crippen LogP) is 6.16. The first-order valence-corrected chi connectivity index (χ1v) is 14.5. The highest BCUT2D eigenvalue weighted by Gasteiger charge is 2.65. The lowest BCUT2D eigenvalue weighted by Crippen LogP contribution is -2.50. The van der Waals surface area contributed by atoms with E-state index in [1.54, 1.807) is 24.4 Å². The third-order valence-corrected chi connectivity index (χ3v) is 8.60. The molecule has 40 heavy (non-hydrogen) atoms. The number of aromatic nitrogens is 5. The molecule has 2 aromatic carbocycles. The zero-order valence-corrected chi connectivity index (χ0v) is 22.0. The monoisotopic (exact) mass is 580 g/mol. The van der Waals surface area contributed by atoms with Gasteiger partial charge in [-0.2, -0.15) is 0 Å². The predicted molar refractivity (Wildman–Crippen MR) is 140 cm³/mol. The molecule has 2 aliphatic rings. The Morgan fingerprint density at radius 1 is 1.07 bits per heavy atom. The van der Waals surface area contributed by atoms with Crippen LogP contribution in [0.5, 0.6) is 0 Å². The van der Waals surface area contributed by atoms with Gasteiger partial charge in [0.25, 0.3) is 5.91 Å². The number of piperidine rings is 1. The van der Waals surface area contributed by atoms with Crippen LogP contribution in [0.25, 0.3) is 11.0 Å². The number of halogens is 5. The van der Waals surface area contributed by atoms with Crippen molar-refractivity contribution in [2.45, 2.75) is 49.8 Å². The first kappa shape index (κ1) is 26.4. The Labute approximate surface area is 225 Å². The van der Waals surface area contributed by atoms with Gasteiger partial charge in [0.2, 0.25) is 5.95 Å². The van der Waals surface area contributed by atoms with Crippen LogP contribution in [0.2, 0.25) is 0 Å². The van der Waals surface area contributed by atoms with Crippen LogP contribution < -0.4 is 5.32 Å². The van der Waals surface area contributed by atoms with Crippen LogP contribution in [-0.4, -0.2) is 59.7 Å². The summed E-state index contributed by atoms with van der Waals surface area (Å²) in [6.45, 7) is 3.83. The molecule has 4 heterocycles. The lowest BCUT2D eigenvalue weighted by molar-refractivity contribution is 0.0460. The van der Waals surface area contributed by atoms with E-state index in [2.05, 4.69) is 35.6 Å². The average Bonchev–Trinajstić information content (AvgIpc) is 3.53. The Morgan fingerprint density at radius 3 is 2.58 bits per heavy atom. The number of H-pyrrole nitrogens is 1. The maximum Gasteiger partial charge on any atom is 0.310 e. The molecule has 6 rings (SSSR count). The van der Waals surface area contributed by atoms with Crippen LogP contribution in [0.3, 0.4) is 0 Å². The van der Waals surface area contributed by atoms with E-state index in [0.29, 0.717) is 42.8 Å². The van der Waals surface area contributed by atoms with Gasteiger partial charge in [0.15, 0.2) is 0 Å². The van der Waals surface area contributed by atoms with E-state index >= 15 is 0 Å². The average molecular weight is 581 g/mol. The molecule has 212 valence electrons. The smallest absolute Gasteiger partial charge is 0.310 e. The zero-order valence-electron chi connectivity index (χ0n) is 21.2. The summed E-state index contributed by atoms with van der Waals surface area (Å²) < 4.78 is 64.9. The molecule has 0 unspecified atom stereocenters. The van der Waals surface area contributed by atoms with E-state index in [1.165, 1.54) is 0 Å². The van der Waals surface area contributed by atoms with Gasteiger partial charge in [0.05, 0.1) is 11.2 Å². The van der Waals surface area contributed by atoms with Gasteiger partial charge in [-0.15, -0.1) is 5.10 Å². The first-order valence-electron chi connectivity index (χ1n) is 12.6. The molecule has 2 aliphatic heterocycles. The summed E-state index contributed by atoms with van der Waals surface area (Å²) in [7, 11) is -9.73. The quantitative estimate of drug-likeness (QED) is 0.273. The molecule has 0 radical (unpaired) electrons. The summed E-state index contributed by atoms with van der Waals surface area (Å²) in [6.07, 6.45) is 3.23. The summed E-state index contributed by atoms with van der Waals surface area (Å²) in [5, 5.41) is 13.3. The van der Waals surface area contributed by atoms with Crippen molar-refractivity contribution < 1.29 is 24.2 Å². The number of hydrogen-bond acceptors (Lipinski definition) is 7. The second-order valence-corrected chi connectivity index (χ2v) is 12.7. The Morgan fingerprint density at radius 2 is 1.85 bits per heavy atom. The van der Waals surface area contributed by atoms with Crippen molar-refractivity contribution in [1.82, 2.24) is 35.2 Å². The number of anilines is 2. The first-order chi connectivity index (χ1) is 18.7. The number of carbonyl (C=O) groups is 1. The van der Waals surface area contributed by atoms with Crippen molar-refractivity contribution in [2.24, 2.45) is 0 Å². The number of likely N-dealkylation sites (tertiary alicyclic amines) is 1. The number of amides is 1. The van der Waals surface area contributed by atoms with Crippen LogP contribution >= 0.6 is 10.2 Å². The molecule has 0 saturated carbocycles. The number of carbonyl (C=O) groups excluding carboxylic acids is 1. The molecule has 1 amide bonds. The van der Waals surface area contributed by atoms with Gasteiger partial charge in [0, 0.05) is 54.7 Å². The minimum atomic E-state index is -9.73. The number of fused-ring (bicyclic) bond motifs is 2. The molecular weight excluding hydrogens is 555 g/mol. The third-order valence-electron chi connectivity index (χ3n) is 7.43. The van der Waals surface area contributed by atoms with Crippen LogP contribution in [0.4, 0.5) is 31.1 Å². The van der Waals surface area contributed by atoms with E-state index in [1.807, 2.05) is 11.8 Å². The molecule has 2 atom stereocenters. The minimum absolute atomic E-state index is 0.0143. The highest BCUT2D eigenvalue weighted by atomic mass is 32.5. The molecule has 2 N–H and O–H groups in total. The summed E-state index contributed by atoms with van der Waals surface area (Å²) in [4.78, 5) is 24.2. The second-order valence-electron chi connectivity index (χ2n) is 10.3. The van der Waals surface area contributed by atoms with E-state index in [9.17, 15) is 24.2 Å². The SMILES string of the molecule is C[C@@H]1C[C@H](N2Cc3cnc(Nc4ccc(S(F)(F)(F)(F)F)cc4)nc3C2)CCN1C(=O)c1ccc2[nH]nnc2c1. The normalized spacial score (nSPS) is 21.6. The van der Waals surface area contributed by atoms with Crippen LogP contribution in [0.15, 0.2) is 53.6 Å². The van der Waals surface area contributed by atoms with Gasteiger partial charge in [-0.3, -0.25) is 14.8 Å². The van der Waals surface area contributed by atoms with E-state index in [-0.39, 0.29) is 29.6 Å². The van der Waals surface area contributed by atoms with Crippen molar-refractivity contribution in [3.05, 3.63) is 65.5 Å². The Balaban J connectivity index is 1.08. The number of hydrogen-bond donors (Lipinski definition) is 2. The van der Waals surface area contributed by atoms with Crippen molar-refractivity contribution in [3.8, 4) is 0 Å². The number of benzene rings is 2. The fraction of sp³-hybridized carbons (Fsp3) is 0.320. The number of aromatic amines is 1. The highest BCUT2D eigenvalue weighted by molar-refractivity contribution is 8.45. The number of rotatable bonds is 5. The Kier molecular flexibility index (Phi) is 5.65. The van der Waals surface area contributed by atoms with Gasteiger partial charge in [-0.05, 0) is 62.2 Å².